The van der Waals surface area contributed by atoms with E-state index in [2.05, 4.69) is 45.2 Å². The number of hydrogen-bond donors (Lipinski definition) is 1. The second-order valence-electron chi connectivity index (χ2n) is 5.47. The van der Waals surface area contributed by atoms with Crippen molar-refractivity contribution in [2.45, 2.75) is 19.0 Å². The SMILES string of the molecule is CC1CNC(c2ccccc2)CN1c1cc(Br)ccc1F. The number of nitrogens with zero attached hydrogens (tertiary/aromatic N) is 1. The first-order chi connectivity index (χ1) is 10.1. The maximum Gasteiger partial charge on any atom is 0.146 e. The van der Waals surface area contributed by atoms with Crippen molar-refractivity contribution >= 4 is 21.6 Å². The van der Waals surface area contributed by atoms with Gasteiger partial charge in [-0.1, -0.05) is 46.3 Å². The molecule has 0 radical (unpaired) electrons. The topological polar surface area (TPSA) is 15.3 Å². The number of benzene rings is 2. The standard InChI is InChI=1S/C17H18BrFN2/c1-12-10-20-16(13-5-3-2-4-6-13)11-21(12)17-9-14(18)7-8-15(17)19/h2-9,12,16,20H,10-11H2,1H3. The van der Waals surface area contributed by atoms with Crippen molar-refractivity contribution in [3.8, 4) is 0 Å². The molecule has 0 saturated carbocycles. The molecule has 3 rings (SSSR count). The second kappa shape index (κ2) is 6.16. The van der Waals surface area contributed by atoms with Gasteiger partial charge in [-0.15, -0.1) is 0 Å². The summed E-state index contributed by atoms with van der Waals surface area (Å²) in [5.41, 5.74) is 1.91. The van der Waals surface area contributed by atoms with Gasteiger partial charge < -0.3 is 10.2 Å². The molecule has 4 heteroatoms. The van der Waals surface area contributed by atoms with Crippen LogP contribution >= 0.6 is 15.9 Å². The lowest BCUT2D eigenvalue weighted by atomic mass is 10.0. The summed E-state index contributed by atoms with van der Waals surface area (Å²) >= 11 is 3.43. The van der Waals surface area contributed by atoms with E-state index in [1.165, 1.54) is 11.6 Å². The van der Waals surface area contributed by atoms with Gasteiger partial charge in [0.25, 0.3) is 0 Å². The molecular formula is C17H18BrFN2. The van der Waals surface area contributed by atoms with Gasteiger partial charge in [0.2, 0.25) is 0 Å². The maximum absolute atomic E-state index is 14.2. The molecule has 0 bridgehead atoms. The molecule has 2 unspecified atom stereocenters. The lowest BCUT2D eigenvalue weighted by Gasteiger charge is -2.40. The van der Waals surface area contributed by atoms with Crippen LogP contribution in [0.25, 0.3) is 0 Å². The highest BCUT2D eigenvalue weighted by molar-refractivity contribution is 9.10. The Morgan fingerprint density at radius 1 is 1.19 bits per heavy atom. The van der Waals surface area contributed by atoms with Crippen LogP contribution in [0.2, 0.25) is 0 Å². The van der Waals surface area contributed by atoms with Crippen molar-refractivity contribution in [2.24, 2.45) is 0 Å². The number of nitrogens with one attached hydrogen (secondary N) is 1. The summed E-state index contributed by atoms with van der Waals surface area (Å²) in [6.07, 6.45) is 0. The molecule has 0 amide bonds. The summed E-state index contributed by atoms with van der Waals surface area (Å²) in [5, 5.41) is 3.54. The molecule has 0 spiro atoms. The van der Waals surface area contributed by atoms with Gasteiger partial charge in [0.15, 0.2) is 0 Å². The summed E-state index contributed by atoms with van der Waals surface area (Å²) in [4.78, 5) is 2.15. The highest BCUT2D eigenvalue weighted by atomic mass is 79.9. The van der Waals surface area contributed by atoms with Crippen molar-refractivity contribution < 1.29 is 4.39 Å². The van der Waals surface area contributed by atoms with E-state index in [0.717, 1.165) is 17.6 Å². The summed E-state index contributed by atoms with van der Waals surface area (Å²) in [6, 6.07) is 15.9. The molecule has 1 heterocycles. The van der Waals surface area contributed by atoms with E-state index in [4.69, 9.17) is 0 Å². The van der Waals surface area contributed by atoms with Crippen LogP contribution in [-0.2, 0) is 0 Å². The fraction of sp³-hybridized carbons (Fsp3) is 0.294. The molecule has 1 aliphatic rings. The molecule has 0 aromatic heterocycles. The van der Waals surface area contributed by atoms with Gasteiger partial charge in [-0.3, -0.25) is 0 Å². The first-order valence-electron chi connectivity index (χ1n) is 7.15. The Morgan fingerprint density at radius 3 is 2.71 bits per heavy atom. The van der Waals surface area contributed by atoms with Crippen LogP contribution in [0.1, 0.15) is 18.5 Å². The summed E-state index contributed by atoms with van der Waals surface area (Å²) in [6.45, 7) is 3.72. The minimum atomic E-state index is -0.168. The zero-order valence-corrected chi connectivity index (χ0v) is 13.5. The molecule has 1 saturated heterocycles. The van der Waals surface area contributed by atoms with Crippen LogP contribution in [-0.4, -0.2) is 19.1 Å². The lowest BCUT2D eigenvalue weighted by molar-refractivity contribution is 0.410. The van der Waals surface area contributed by atoms with Gasteiger partial charge in [0, 0.05) is 29.6 Å². The highest BCUT2D eigenvalue weighted by Crippen LogP contribution is 2.29. The largest absolute Gasteiger partial charge is 0.363 e. The summed E-state index contributed by atoms with van der Waals surface area (Å²) in [5.74, 6) is -0.168. The average Bonchev–Trinajstić information content (AvgIpc) is 2.51. The van der Waals surface area contributed by atoms with Crippen molar-refractivity contribution in [3.63, 3.8) is 0 Å². The van der Waals surface area contributed by atoms with Gasteiger partial charge in [-0.25, -0.2) is 4.39 Å². The van der Waals surface area contributed by atoms with Crippen molar-refractivity contribution in [1.82, 2.24) is 5.32 Å². The van der Waals surface area contributed by atoms with E-state index in [0.29, 0.717) is 5.69 Å². The van der Waals surface area contributed by atoms with Crippen LogP contribution in [0.15, 0.2) is 53.0 Å². The Kier molecular flexibility index (Phi) is 4.27. The van der Waals surface area contributed by atoms with Crippen LogP contribution in [0.5, 0.6) is 0 Å². The van der Waals surface area contributed by atoms with E-state index < -0.39 is 0 Å². The van der Waals surface area contributed by atoms with Crippen LogP contribution in [0.3, 0.4) is 0 Å². The second-order valence-corrected chi connectivity index (χ2v) is 6.38. The minimum Gasteiger partial charge on any atom is -0.363 e. The maximum atomic E-state index is 14.2. The quantitative estimate of drug-likeness (QED) is 0.877. The molecule has 2 aromatic carbocycles. The third-order valence-corrected chi connectivity index (χ3v) is 4.48. The van der Waals surface area contributed by atoms with E-state index in [-0.39, 0.29) is 17.9 Å². The summed E-state index contributed by atoms with van der Waals surface area (Å²) in [7, 11) is 0. The third-order valence-electron chi connectivity index (χ3n) is 3.99. The van der Waals surface area contributed by atoms with Crippen LogP contribution < -0.4 is 10.2 Å². The van der Waals surface area contributed by atoms with Crippen molar-refractivity contribution in [1.29, 1.82) is 0 Å². The average molecular weight is 349 g/mol. The molecule has 2 atom stereocenters. The van der Waals surface area contributed by atoms with Crippen molar-refractivity contribution in [2.75, 3.05) is 18.0 Å². The predicted molar refractivity (Wildman–Crippen MR) is 88.1 cm³/mol. The van der Waals surface area contributed by atoms with Crippen molar-refractivity contribution in [3.05, 3.63) is 64.4 Å². The minimum absolute atomic E-state index is 0.168. The summed E-state index contributed by atoms with van der Waals surface area (Å²) < 4.78 is 15.1. The molecule has 110 valence electrons. The molecular weight excluding hydrogens is 331 g/mol. The number of rotatable bonds is 2. The van der Waals surface area contributed by atoms with Gasteiger partial charge in [-0.2, -0.15) is 0 Å². The van der Waals surface area contributed by atoms with E-state index in [1.54, 1.807) is 6.07 Å². The normalized spacial score (nSPS) is 22.3. The van der Waals surface area contributed by atoms with E-state index in [1.807, 2.05) is 24.3 Å². The van der Waals surface area contributed by atoms with Gasteiger partial charge in [0.05, 0.1) is 5.69 Å². The number of piperazine rings is 1. The molecule has 1 aliphatic heterocycles. The van der Waals surface area contributed by atoms with Crippen LogP contribution in [0, 0.1) is 5.82 Å². The predicted octanol–water partition coefficient (Wildman–Crippen LogP) is 4.13. The molecule has 2 nitrogen and oxygen atoms in total. The zero-order chi connectivity index (χ0) is 14.8. The van der Waals surface area contributed by atoms with Crippen LogP contribution in [0.4, 0.5) is 10.1 Å². The Labute approximate surface area is 133 Å². The Morgan fingerprint density at radius 2 is 1.95 bits per heavy atom. The molecule has 2 aromatic rings. The lowest BCUT2D eigenvalue weighted by Crippen LogP contribution is -2.51. The van der Waals surface area contributed by atoms with Gasteiger partial charge in [0.1, 0.15) is 5.82 Å². The molecule has 21 heavy (non-hydrogen) atoms. The van der Waals surface area contributed by atoms with E-state index in [9.17, 15) is 4.39 Å². The fourth-order valence-corrected chi connectivity index (χ4v) is 3.16. The van der Waals surface area contributed by atoms with E-state index >= 15 is 0 Å². The molecule has 1 fully saturated rings. The zero-order valence-electron chi connectivity index (χ0n) is 11.9. The monoisotopic (exact) mass is 348 g/mol. The smallest absolute Gasteiger partial charge is 0.146 e. The highest BCUT2D eigenvalue weighted by Gasteiger charge is 2.27. The van der Waals surface area contributed by atoms with Gasteiger partial charge in [-0.05, 0) is 30.7 Å². The Hall–Kier alpha value is -1.39. The Balaban J connectivity index is 1.89. The number of halogens is 2. The van der Waals surface area contributed by atoms with Gasteiger partial charge >= 0.3 is 0 Å². The molecule has 0 aliphatic carbocycles. The first-order valence-corrected chi connectivity index (χ1v) is 7.94. The third kappa shape index (κ3) is 3.11. The molecule has 1 N–H and O–H groups in total. The fourth-order valence-electron chi connectivity index (χ4n) is 2.81. The first kappa shape index (κ1) is 14.5. The number of anilines is 1. The number of hydrogen-bond acceptors (Lipinski definition) is 2. The Bertz CT molecular complexity index is 617.